The van der Waals surface area contributed by atoms with E-state index in [4.69, 9.17) is 12.2 Å². The maximum absolute atomic E-state index is 4.98. The summed E-state index contributed by atoms with van der Waals surface area (Å²) in [6, 6.07) is 24.8. The fraction of sp³-hybridized carbons (Fsp3) is 0.0833. The van der Waals surface area contributed by atoms with E-state index in [1.165, 1.54) is 20.7 Å². The maximum atomic E-state index is 4.98. The van der Waals surface area contributed by atoms with E-state index in [1.807, 2.05) is 44.4 Å². The Labute approximate surface area is 189 Å². The fourth-order valence-corrected chi connectivity index (χ4v) is 4.89. The van der Waals surface area contributed by atoms with Crippen LogP contribution in [0.1, 0.15) is 10.6 Å². The number of aromatic amines is 1. The summed E-state index contributed by atoms with van der Waals surface area (Å²) in [5.41, 5.74) is 4.61. The van der Waals surface area contributed by atoms with Crippen molar-refractivity contribution in [2.24, 2.45) is 0 Å². The van der Waals surface area contributed by atoms with Gasteiger partial charge in [-0.05, 0) is 60.3 Å². The molecule has 6 heteroatoms. The molecule has 0 saturated carbocycles. The number of para-hydroxylation sites is 2. The van der Waals surface area contributed by atoms with Crippen molar-refractivity contribution in [1.29, 1.82) is 0 Å². The van der Waals surface area contributed by atoms with Crippen LogP contribution in [0.25, 0.3) is 32.6 Å². The van der Waals surface area contributed by atoms with Crippen LogP contribution in [0.3, 0.4) is 0 Å². The van der Waals surface area contributed by atoms with Gasteiger partial charge in [0.05, 0.1) is 20.4 Å². The molecule has 0 fully saturated rings. The molecule has 2 aromatic heterocycles. The summed E-state index contributed by atoms with van der Waals surface area (Å²) in [5.74, 6) is 0. The predicted octanol–water partition coefficient (Wildman–Crippen LogP) is 7.49. The molecular formula is C24H21N3S3. The van der Waals surface area contributed by atoms with Crippen LogP contribution in [0.15, 0.2) is 72.8 Å². The fourth-order valence-electron chi connectivity index (χ4n) is 2.91. The van der Waals surface area contributed by atoms with Crippen molar-refractivity contribution < 1.29 is 0 Å². The Balaban J connectivity index is 0.000000181. The van der Waals surface area contributed by atoms with Crippen LogP contribution in [0.2, 0.25) is 0 Å². The highest BCUT2D eigenvalue weighted by molar-refractivity contribution is 7.73. The molecule has 0 amide bonds. The van der Waals surface area contributed by atoms with Gasteiger partial charge in [0.15, 0.2) is 3.95 Å². The van der Waals surface area contributed by atoms with Crippen molar-refractivity contribution in [2.75, 3.05) is 19.0 Å². The number of benzene rings is 3. The first-order chi connectivity index (χ1) is 14.6. The van der Waals surface area contributed by atoms with Crippen molar-refractivity contribution in [2.45, 2.75) is 0 Å². The molecule has 2 heterocycles. The highest BCUT2D eigenvalue weighted by Gasteiger charge is 1.99. The lowest BCUT2D eigenvalue weighted by molar-refractivity contribution is 1.13. The second-order valence-electron chi connectivity index (χ2n) is 6.85. The van der Waals surface area contributed by atoms with Gasteiger partial charge in [0, 0.05) is 19.8 Å². The number of nitrogens with zero attached hydrogens (tertiary/aromatic N) is 2. The molecule has 150 valence electrons. The summed E-state index contributed by atoms with van der Waals surface area (Å²) in [5, 5.41) is 1.04. The van der Waals surface area contributed by atoms with Crippen LogP contribution in [-0.4, -0.2) is 24.1 Å². The Bertz CT molecular complexity index is 1270. The molecule has 1 N–H and O–H groups in total. The first-order valence-electron chi connectivity index (χ1n) is 9.47. The molecule has 5 aromatic rings. The predicted molar refractivity (Wildman–Crippen MR) is 136 cm³/mol. The van der Waals surface area contributed by atoms with E-state index in [1.54, 1.807) is 22.7 Å². The third-order valence-electron chi connectivity index (χ3n) is 4.46. The van der Waals surface area contributed by atoms with Gasteiger partial charge in [-0.25, -0.2) is 4.98 Å². The van der Waals surface area contributed by atoms with Gasteiger partial charge < -0.3 is 9.88 Å². The number of rotatable bonds is 3. The van der Waals surface area contributed by atoms with Crippen LogP contribution in [-0.2, 0) is 0 Å². The van der Waals surface area contributed by atoms with Gasteiger partial charge in [-0.15, -0.1) is 22.7 Å². The molecule has 0 aliphatic rings. The van der Waals surface area contributed by atoms with E-state index < -0.39 is 0 Å². The Morgan fingerprint density at radius 1 is 0.833 bits per heavy atom. The van der Waals surface area contributed by atoms with Gasteiger partial charge in [0.2, 0.25) is 0 Å². The van der Waals surface area contributed by atoms with Crippen molar-refractivity contribution in [3.8, 4) is 0 Å². The molecule has 3 aromatic carbocycles. The molecular weight excluding hydrogens is 426 g/mol. The first-order valence-corrected chi connectivity index (χ1v) is 11.5. The van der Waals surface area contributed by atoms with Crippen LogP contribution in [0, 0.1) is 3.95 Å². The zero-order valence-electron chi connectivity index (χ0n) is 16.7. The molecule has 0 aliphatic heterocycles. The third-order valence-corrected chi connectivity index (χ3v) is 6.68. The van der Waals surface area contributed by atoms with E-state index in [0.29, 0.717) is 0 Å². The van der Waals surface area contributed by atoms with Crippen molar-refractivity contribution in [1.82, 2.24) is 9.97 Å². The zero-order chi connectivity index (χ0) is 20.9. The number of aromatic nitrogens is 2. The Hall–Kier alpha value is -2.80. The number of anilines is 1. The van der Waals surface area contributed by atoms with Crippen LogP contribution in [0.5, 0.6) is 0 Å². The number of nitrogens with one attached hydrogen (secondary N) is 1. The van der Waals surface area contributed by atoms with Crippen molar-refractivity contribution >= 4 is 73.2 Å². The highest BCUT2D eigenvalue weighted by Crippen LogP contribution is 2.23. The lowest BCUT2D eigenvalue weighted by atomic mass is 10.2. The average molecular weight is 448 g/mol. The minimum atomic E-state index is 0.848. The largest absolute Gasteiger partial charge is 0.378 e. The monoisotopic (exact) mass is 447 g/mol. The summed E-state index contributed by atoms with van der Waals surface area (Å²) < 4.78 is 3.31. The lowest BCUT2D eigenvalue weighted by Crippen LogP contribution is -2.07. The van der Waals surface area contributed by atoms with Gasteiger partial charge in [-0.1, -0.05) is 42.5 Å². The standard InChI is InChI=1S/C17H16N2S.C7H5NS2/c1-19(2)14-10-7-13(8-11-14)9-12-17-18-15-5-3-4-6-16(15)20-17;9-7-8-5-3-1-2-4-6(5)10-7/h3-12H,1-2H3;1-4H,(H,8,9). The summed E-state index contributed by atoms with van der Waals surface area (Å²) in [6.45, 7) is 0. The van der Waals surface area contributed by atoms with Crippen LogP contribution >= 0.6 is 34.9 Å². The van der Waals surface area contributed by atoms with E-state index in [-0.39, 0.29) is 0 Å². The molecule has 5 rings (SSSR count). The molecule has 0 radical (unpaired) electrons. The van der Waals surface area contributed by atoms with E-state index in [0.717, 1.165) is 20.0 Å². The topological polar surface area (TPSA) is 31.9 Å². The molecule has 30 heavy (non-hydrogen) atoms. The molecule has 0 bridgehead atoms. The van der Waals surface area contributed by atoms with Crippen LogP contribution in [0.4, 0.5) is 5.69 Å². The minimum absolute atomic E-state index is 0.848. The number of thiazole rings is 2. The van der Waals surface area contributed by atoms with E-state index in [9.17, 15) is 0 Å². The number of H-pyrrole nitrogens is 1. The SMILES string of the molecule is CN(C)c1ccc(C=Cc2nc3ccccc3s2)cc1.S=c1[nH]c2ccccc2s1. The van der Waals surface area contributed by atoms with Crippen LogP contribution < -0.4 is 4.90 Å². The first kappa shape index (κ1) is 20.5. The number of hydrogen-bond acceptors (Lipinski definition) is 5. The Kier molecular flexibility index (Phi) is 6.38. The molecule has 0 spiro atoms. The third kappa shape index (κ3) is 5.02. The van der Waals surface area contributed by atoms with Gasteiger partial charge in [-0.2, -0.15) is 0 Å². The minimum Gasteiger partial charge on any atom is -0.378 e. The second kappa shape index (κ2) is 9.34. The normalized spacial score (nSPS) is 11.0. The number of fused-ring (bicyclic) bond motifs is 2. The average Bonchev–Trinajstić information content (AvgIpc) is 3.34. The smallest absolute Gasteiger partial charge is 0.159 e. The van der Waals surface area contributed by atoms with Gasteiger partial charge >= 0.3 is 0 Å². The molecule has 0 atom stereocenters. The highest BCUT2D eigenvalue weighted by atomic mass is 32.1. The summed E-state index contributed by atoms with van der Waals surface area (Å²) in [4.78, 5) is 9.79. The molecule has 0 saturated heterocycles. The zero-order valence-corrected chi connectivity index (χ0v) is 19.2. The molecule has 0 unspecified atom stereocenters. The van der Waals surface area contributed by atoms with E-state index >= 15 is 0 Å². The second-order valence-corrected chi connectivity index (χ2v) is 9.63. The maximum Gasteiger partial charge on any atom is 0.159 e. The van der Waals surface area contributed by atoms with Gasteiger partial charge in [-0.3, -0.25) is 0 Å². The van der Waals surface area contributed by atoms with Gasteiger partial charge in [0.1, 0.15) is 5.01 Å². The number of hydrogen-bond donors (Lipinski definition) is 1. The van der Waals surface area contributed by atoms with Gasteiger partial charge in [0.25, 0.3) is 0 Å². The molecule has 0 aliphatic carbocycles. The Morgan fingerprint density at radius 2 is 1.53 bits per heavy atom. The molecule has 3 nitrogen and oxygen atoms in total. The lowest BCUT2D eigenvalue weighted by Gasteiger charge is -2.11. The summed E-state index contributed by atoms with van der Waals surface area (Å²) >= 11 is 8.31. The van der Waals surface area contributed by atoms with Crippen molar-refractivity contribution in [3.63, 3.8) is 0 Å². The summed E-state index contributed by atoms with van der Waals surface area (Å²) in [6.07, 6.45) is 4.19. The van der Waals surface area contributed by atoms with Crippen molar-refractivity contribution in [3.05, 3.63) is 87.3 Å². The van der Waals surface area contributed by atoms with E-state index in [2.05, 4.69) is 69.5 Å². The Morgan fingerprint density at radius 3 is 2.23 bits per heavy atom. The quantitative estimate of drug-likeness (QED) is 0.291. The summed E-state index contributed by atoms with van der Waals surface area (Å²) in [7, 11) is 4.10.